The minimum absolute atomic E-state index is 0.333. The first-order valence-corrected chi connectivity index (χ1v) is 10.7. The summed E-state index contributed by atoms with van der Waals surface area (Å²) in [4.78, 5) is 2.32. The van der Waals surface area contributed by atoms with E-state index in [4.69, 9.17) is 9.47 Å². The molecule has 146 valence electrons. The van der Waals surface area contributed by atoms with Crippen LogP contribution in [0.5, 0.6) is 11.5 Å². The summed E-state index contributed by atoms with van der Waals surface area (Å²) >= 11 is 1.98. The lowest BCUT2D eigenvalue weighted by Crippen LogP contribution is -2.40. The summed E-state index contributed by atoms with van der Waals surface area (Å²) in [6.45, 7) is 3.13. The van der Waals surface area contributed by atoms with Crippen molar-refractivity contribution in [1.82, 2.24) is 4.90 Å². The van der Waals surface area contributed by atoms with Crippen LogP contribution in [0.15, 0.2) is 48.5 Å². The molecule has 1 aliphatic heterocycles. The molecule has 0 aliphatic carbocycles. The van der Waals surface area contributed by atoms with Crippen molar-refractivity contribution in [3.63, 3.8) is 0 Å². The Labute approximate surface area is 166 Å². The van der Waals surface area contributed by atoms with Gasteiger partial charge in [0, 0.05) is 31.1 Å². The number of benzene rings is 2. The zero-order valence-corrected chi connectivity index (χ0v) is 16.8. The summed E-state index contributed by atoms with van der Waals surface area (Å²) in [7, 11) is 1.69. The Morgan fingerprint density at radius 3 is 2.70 bits per heavy atom. The number of para-hydroxylation sites is 1. The number of β-amino-alcohol motifs (C(OH)–C–C–N with tert-alkyl or cyclic N) is 1. The van der Waals surface area contributed by atoms with Crippen LogP contribution in [0.4, 0.5) is 0 Å². The lowest BCUT2D eigenvalue weighted by molar-refractivity contribution is 0.0712. The van der Waals surface area contributed by atoms with E-state index in [1.165, 1.54) is 11.1 Å². The number of hydrogen-bond donors (Lipinski definition) is 1. The molecule has 3 rings (SSSR count). The van der Waals surface area contributed by atoms with E-state index in [-0.39, 0.29) is 0 Å². The summed E-state index contributed by atoms with van der Waals surface area (Å²) in [5.74, 6) is 4.06. The molecule has 0 amide bonds. The fourth-order valence-corrected chi connectivity index (χ4v) is 4.26. The van der Waals surface area contributed by atoms with Gasteiger partial charge >= 0.3 is 0 Å². The molecule has 1 saturated heterocycles. The van der Waals surface area contributed by atoms with Gasteiger partial charge in [-0.05, 0) is 42.2 Å². The van der Waals surface area contributed by atoms with Gasteiger partial charge in [0.05, 0.1) is 7.11 Å². The SMILES string of the molecule is COc1cccc(CCc2ccccc2OC[C@@H](O)CN2CCSCC2)c1. The van der Waals surface area contributed by atoms with Crippen molar-refractivity contribution in [1.29, 1.82) is 0 Å². The molecule has 0 spiro atoms. The van der Waals surface area contributed by atoms with Crippen LogP contribution in [0.2, 0.25) is 0 Å². The second-order valence-electron chi connectivity index (χ2n) is 6.84. The minimum Gasteiger partial charge on any atom is -0.497 e. The minimum atomic E-state index is -0.459. The summed E-state index contributed by atoms with van der Waals surface area (Å²) in [5, 5.41) is 10.3. The fourth-order valence-electron chi connectivity index (χ4n) is 3.28. The molecule has 2 aromatic rings. The van der Waals surface area contributed by atoms with Gasteiger partial charge in [-0.3, -0.25) is 4.90 Å². The summed E-state index contributed by atoms with van der Waals surface area (Å²) in [6, 6.07) is 16.3. The topological polar surface area (TPSA) is 41.9 Å². The number of hydrogen-bond acceptors (Lipinski definition) is 5. The predicted molar refractivity (Wildman–Crippen MR) is 112 cm³/mol. The van der Waals surface area contributed by atoms with E-state index in [0.29, 0.717) is 13.2 Å². The molecule has 1 atom stereocenters. The van der Waals surface area contributed by atoms with Crippen LogP contribution in [0, 0.1) is 0 Å². The lowest BCUT2D eigenvalue weighted by atomic mass is 10.0. The van der Waals surface area contributed by atoms with Gasteiger partial charge in [-0.15, -0.1) is 0 Å². The highest BCUT2D eigenvalue weighted by Gasteiger charge is 2.15. The Bertz CT molecular complexity index is 703. The Kier molecular flexibility index (Phi) is 7.87. The highest BCUT2D eigenvalue weighted by Crippen LogP contribution is 2.22. The number of methoxy groups -OCH3 is 1. The molecule has 0 unspecified atom stereocenters. The van der Waals surface area contributed by atoms with Crippen LogP contribution in [-0.4, -0.2) is 61.0 Å². The third-order valence-corrected chi connectivity index (χ3v) is 5.74. The number of aryl methyl sites for hydroxylation is 2. The monoisotopic (exact) mass is 387 g/mol. The van der Waals surface area contributed by atoms with E-state index in [1.54, 1.807) is 7.11 Å². The Hall–Kier alpha value is -1.69. The molecule has 1 N–H and O–H groups in total. The van der Waals surface area contributed by atoms with Crippen molar-refractivity contribution >= 4 is 11.8 Å². The molecule has 0 aromatic heterocycles. The van der Waals surface area contributed by atoms with Gasteiger partial charge in [-0.2, -0.15) is 11.8 Å². The van der Waals surface area contributed by atoms with Gasteiger partial charge in [0.15, 0.2) is 0 Å². The first-order valence-electron chi connectivity index (χ1n) is 9.56. The average molecular weight is 388 g/mol. The Morgan fingerprint density at radius 2 is 1.89 bits per heavy atom. The molecule has 1 heterocycles. The average Bonchev–Trinajstić information content (AvgIpc) is 2.72. The number of aliphatic hydroxyl groups excluding tert-OH is 1. The van der Waals surface area contributed by atoms with Gasteiger partial charge in [0.1, 0.15) is 24.2 Å². The predicted octanol–water partition coefficient (Wildman–Crippen LogP) is 3.27. The van der Waals surface area contributed by atoms with E-state index in [2.05, 4.69) is 23.1 Å². The molecular weight excluding hydrogens is 358 g/mol. The molecule has 0 saturated carbocycles. The van der Waals surface area contributed by atoms with Crippen molar-refractivity contribution in [2.75, 3.05) is 44.9 Å². The maximum absolute atomic E-state index is 10.3. The summed E-state index contributed by atoms with van der Waals surface area (Å²) in [5.41, 5.74) is 2.41. The smallest absolute Gasteiger partial charge is 0.122 e. The van der Waals surface area contributed by atoms with Crippen LogP contribution in [-0.2, 0) is 12.8 Å². The fraction of sp³-hybridized carbons (Fsp3) is 0.455. The second-order valence-corrected chi connectivity index (χ2v) is 8.06. The van der Waals surface area contributed by atoms with E-state index in [1.807, 2.05) is 42.1 Å². The summed E-state index contributed by atoms with van der Waals surface area (Å²) < 4.78 is 11.3. The van der Waals surface area contributed by atoms with Crippen LogP contribution < -0.4 is 9.47 Å². The molecule has 1 fully saturated rings. The number of nitrogens with zero attached hydrogens (tertiary/aromatic N) is 1. The molecule has 27 heavy (non-hydrogen) atoms. The maximum Gasteiger partial charge on any atom is 0.122 e. The van der Waals surface area contributed by atoms with Gasteiger partial charge in [0.2, 0.25) is 0 Å². The van der Waals surface area contributed by atoms with Crippen molar-refractivity contribution < 1.29 is 14.6 Å². The van der Waals surface area contributed by atoms with E-state index in [9.17, 15) is 5.11 Å². The van der Waals surface area contributed by atoms with E-state index < -0.39 is 6.10 Å². The molecular formula is C22H29NO3S. The van der Waals surface area contributed by atoms with Gasteiger partial charge in [0.25, 0.3) is 0 Å². The van der Waals surface area contributed by atoms with Crippen LogP contribution in [0.3, 0.4) is 0 Å². The van der Waals surface area contributed by atoms with Gasteiger partial charge in [-0.1, -0.05) is 30.3 Å². The normalized spacial score (nSPS) is 16.1. The zero-order valence-electron chi connectivity index (χ0n) is 16.0. The second kappa shape index (κ2) is 10.6. The molecule has 1 aliphatic rings. The van der Waals surface area contributed by atoms with Crippen molar-refractivity contribution in [2.45, 2.75) is 18.9 Å². The quantitative estimate of drug-likeness (QED) is 0.715. The summed E-state index contributed by atoms with van der Waals surface area (Å²) in [6.07, 6.45) is 1.36. The van der Waals surface area contributed by atoms with Crippen LogP contribution in [0.1, 0.15) is 11.1 Å². The van der Waals surface area contributed by atoms with Crippen LogP contribution in [0.25, 0.3) is 0 Å². The van der Waals surface area contributed by atoms with Gasteiger partial charge in [-0.25, -0.2) is 0 Å². The first kappa shape index (κ1) is 20.1. The highest BCUT2D eigenvalue weighted by molar-refractivity contribution is 7.99. The standard InChI is InChI=1S/C22H29NO3S/c1-25-21-7-4-5-18(15-21)9-10-19-6-2-3-8-22(19)26-17-20(24)16-23-11-13-27-14-12-23/h2-8,15,20,24H,9-14,16-17H2,1H3/t20-/m0/s1. The van der Waals surface area contributed by atoms with Crippen LogP contribution >= 0.6 is 11.8 Å². The van der Waals surface area contributed by atoms with Crippen molar-refractivity contribution in [2.24, 2.45) is 0 Å². The molecule has 0 bridgehead atoms. The number of aliphatic hydroxyl groups is 1. The maximum atomic E-state index is 10.3. The number of ether oxygens (including phenoxy) is 2. The van der Waals surface area contributed by atoms with Crippen molar-refractivity contribution in [3.05, 3.63) is 59.7 Å². The van der Waals surface area contributed by atoms with E-state index >= 15 is 0 Å². The number of thioether (sulfide) groups is 1. The third kappa shape index (κ3) is 6.45. The Balaban J connectivity index is 1.52. The Morgan fingerprint density at radius 1 is 1.07 bits per heavy atom. The zero-order chi connectivity index (χ0) is 18.9. The molecule has 0 radical (unpaired) electrons. The third-order valence-electron chi connectivity index (χ3n) is 4.79. The lowest BCUT2D eigenvalue weighted by Gasteiger charge is -2.28. The largest absolute Gasteiger partial charge is 0.497 e. The molecule has 2 aromatic carbocycles. The van der Waals surface area contributed by atoms with E-state index in [0.717, 1.165) is 48.9 Å². The van der Waals surface area contributed by atoms with Gasteiger partial charge < -0.3 is 14.6 Å². The van der Waals surface area contributed by atoms with Crippen molar-refractivity contribution in [3.8, 4) is 11.5 Å². The number of rotatable bonds is 9. The first-order chi connectivity index (χ1) is 13.2. The molecule has 5 heteroatoms. The molecule has 4 nitrogen and oxygen atoms in total. The highest BCUT2D eigenvalue weighted by atomic mass is 32.2.